The highest BCUT2D eigenvalue weighted by molar-refractivity contribution is 6.38. The van der Waals surface area contributed by atoms with Gasteiger partial charge in [-0.15, -0.1) is 0 Å². The Morgan fingerprint density at radius 3 is 2.40 bits per heavy atom. The van der Waals surface area contributed by atoms with Crippen molar-refractivity contribution in [3.05, 3.63) is 35.4 Å². The summed E-state index contributed by atoms with van der Waals surface area (Å²) in [4.78, 5) is 74.1. The van der Waals surface area contributed by atoms with Gasteiger partial charge in [0.25, 0.3) is 5.91 Å². The second kappa shape index (κ2) is 14.1. The number of hydrogen-bond donors (Lipinski definition) is 3. The van der Waals surface area contributed by atoms with Crippen molar-refractivity contribution in [2.45, 2.75) is 109 Å². The highest BCUT2D eigenvalue weighted by atomic mass is 19.1. The number of hydrogen-bond acceptors (Lipinski definition) is 9. The smallest absolute Gasteiger partial charge is 0.408 e. The lowest BCUT2D eigenvalue weighted by molar-refractivity contribution is -0.144. The van der Waals surface area contributed by atoms with Crippen LogP contribution >= 0.6 is 0 Å². The summed E-state index contributed by atoms with van der Waals surface area (Å²) < 4.78 is 38.8. The number of benzene rings is 1. The molecular formula is C33H43F2N5O8. The Bertz CT molecular complexity index is 1450. The Kier molecular flexibility index (Phi) is 10.4. The minimum atomic E-state index is -1.26. The van der Waals surface area contributed by atoms with Gasteiger partial charge in [-0.25, -0.2) is 13.6 Å². The van der Waals surface area contributed by atoms with Crippen LogP contribution in [0.5, 0.6) is 0 Å². The van der Waals surface area contributed by atoms with Crippen LogP contribution in [0.3, 0.4) is 0 Å². The van der Waals surface area contributed by atoms with Crippen LogP contribution < -0.4 is 16.0 Å². The third kappa shape index (κ3) is 8.28. The minimum Gasteiger partial charge on any atom is -0.444 e. The van der Waals surface area contributed by atoms with Crippen LogP contribution in [-0.2, 0) is 33.5 Å². The summed E-state index contributed by atoms with van der Waals surface area (Å²) in [5.74, 6) is -4.49. The standard InChI is InChI=1S/C33H43F2N5O8/c1-5-6-23(26(41)29(43)36-21-7-8-21)37-28(42)25-15-33(14-24(39-48-33)18-11-19(34)13-20(35)12-18)17-40(25)30(44)27(32(2,3)4)38-31(45)47-22-9-10-46-16-22/h11-13,21-23,25,27H,5-10,14-17H2,1-4H3,(H,36,43)(H,37,42)(H,38,45)/t22-,23+,25+,27-,33-/m1/s1. The maximum Gasteiger partial charge on any atom is 0.408 e. The van der Waals surface area contributed by atoms with Crippen molar-refractivity contribution in [2.75, 3.05) is 19.8 Å². The van der Waals surface area contributed by atoms with E-state index in [1.807, 2.05) is 6.92 Å². The molecule has 5 rings (SSSR count). The average Bonchev–Trinajstić information content (AvgIpc) is 3.37. The van der Waals surface area contributed by atoms with Crippen molar-refractivity contribution in [2.24, 2.45) is 10.6 Å². The van der Waals surface area contributed by atoms with E-state index in [0.29, 0.717) is 19.4 Å². The Morgan fingerprint density at radius 1 is 1.08 bits per heavy atom. The van der Waals surface area contributed by atoms with E-state index in [-0.39, 0.29) is 49.7 Å². The molecule has 2 saturated heterocycles. The molecule has 3 heterocycles. The first-order valence-corrected chi connectivity index (χ1v) is 16.4. The predicted molar refractivity (Wildman–Crippen MR) is 167 cm³/mol. The summed E-state index contributed by atoms with van der Waals surface area (Å²) in [7, 11) is 0. The topological polar surface area (TPSA) is 165 Å². The summed E-state index contributed by atoms with van der Waals surface area (Å²) in [6, 6.07) is -0.607. The second-order valence-corrected chi connectivity index (χ2v) is 14.1. The Morgan fingerprint density at radius 2 is 1.79 bits per heavy atom. The minimum absolute atomic E-state index is 0.0158. The number of amides is 4. The number of ether oxygens (including phenoxy) is 2. The van der Waals surface area contributed by atoms with Gasteiger partial charge in [0, 0.05) is 36.9 Å². The molecule has 0 unspecified atom stereocenters. The SMILES string of the molecule is CCC[C@H](NC(=O)[C@@H]1C[C@]2(CC(c3cc(F)cc(F)c3)=NO2)CN1C(=O)[C@@H](NC(=O)O[C@@H]1CCOC1)C(C)(C)C)C(=O)C(=O)NC1CC1. The molecule has 262 valence electrons. The molecule has 15 heteroatoms. The summed E-state index contributed by atoms with van der Waals surface area (Å²) in [5, 5.41) is 12.1. The van der Waals surface area contributed by atoms with Gasteiger partial charge in [0.1, 0.15) is 29.8 Å². The first kappa shape index (κ1) is 35.2. The zero-order valence-electron chi connectivity index (χ0n) is 27.6. The number of halogens is 2. The van der Waals surface area contributed by atoms with E-state index in [1.54, 1.807) is 20.8 Å². The van der Waals surface area contributed by atoms with Crippen LogP contribution in [0.4, 0.5) is 13.6 Å². The van der Waals surface area contributed by atoms with Crippen LogP contribution in [0, 0.1) is 17.0 Å². The first-order chi connectivity index (χ1) is 22.7. The Labute approximate surface area is 277 Å². The number of rotatable bonds is 11. The van der Waals surface area contributed by atoms with E-state index in [1.165, 1.54) is 4.90 Å². The van der Waals surface area contributed by atoms with Gasteiger partial charge in [0.2, 0.25) is 17.6 Å². The molecule has 5 atom stereocenters. The highest BCUT2D eigenvalue weighted by Gasteiger charge is 2.56. The molecule has 1 spiro atoms. The molecule has 3 aliphatic heterocycles. The van der Waals surface area contributed by atoms with Crippen molar-refractivity contribution in [3.63, 3.8) is 0 Å². The third-order valence-corrected chi connectivity index (χ3v) is 8.90. The van der Waals surface area contributed by atoms with E-state index < -0.39 is 76.5 Å². The van der Waals surface area contributed by atoms with Gasteiger partial charge < -0.3 is 35.2 Å². The van der Waals surface area contributed by atoms with E-state index in [9.17, 15) is 32.8 Å². The predicted octanol–water partition coefficient (Wildman–Crippen LogP) is 2.49. The average molecular weight is 676 g/mol. The fourth-order valence-corrected chi connectivity index (χ4v) is 6.20. The molecule has 4 amide bonds. The second-order valence-electron chi connectivity index (χ2n) is 14.1. The number of likely N-dealkylation sites (tertiary alicyclic amines) is 1. The fraction of sp³-hybridized carbons (Fsp3) is 0.636. The molecular weight excluding hydrogens is 632 g/mol. The number of carbonyl (C=O) groups excluding carboxylic acids is 5. The van der Waals surface area contributed by atoms with Crippen molar-refractivity contribution in [3.8, 4) is 0 Å². The summed E-state index contributed by atoms with van der Waals surface area (Å²) >= 11 is 0. The lowest BCUT2D eigenvalue weighted by Crippen LogP contribution is -2.59. The fourth-order valence-electron chi connectivity index (χ4n) is 6.20. The van der Waals surface area contributed by atoms with E-state index >= 15 is 0 Å². The maximum atomic E-state index is 14.4. The number of carbonyl (C=O) groups is 5. The molecule has 3 N–H and O–H groups in total. The molecule has 13 nitrogen and oxygen atoms in total. The van der Waals surface area contributed by atoms with E-state index in [0.717, 1.165) is 31.0 Å². The van der Waals surface area contributed by atoms with Gasteiger partial charge in [0.15, 0.2) is 5.60 Å². The van der Waals surface area contributed by atoms with Crippen LogP contribution in [0.2, 0.25) is 0 Å². The first-order valence-electron chi connectivity index (χ1n) is 16.4. The van der Waals surface area contributed by atoms with E-state index in [4.69, 9.17) is 14.3 Å². The summed E-state index contributed by atoms with van der Waals surface area (Å²) in [6.07, 6.45) is 1.40. The lowest BCUT2D eigenvalue weighted by Gasteiger charge is -2.35. The zero-order chi connectivity index (χ0) is 34.8. The quantitative estimate of drug-likeness (QED) is 0.301. The largest absolute Gasteiger partial charge is 0.444 e. The van der Waals surface area contributed by atoms with Crippen molar-refractivity contribution in [1.29, 1.82) is 0 Å². The van der Waals surface area contributed by atoms with Gasteiger partial charge in [0.05, 0.1) is 31.5 Å². The molecule has 0 aromatic heterocycles. The number of nitrogens with zero attached hydrogens (tertiary/aromatic N) is 2. The number of ketones is 1. The molecule has 48 heavy (non-hydrogen) atoms. The van der Waals surface area contributed by atoms with Crippen LogP contribution in [0.1, 0.15) is 78.2 Å². The van der Waals surface area contributed by atoms with Crippen molar-refractivity contribution >= 4 is 35.3 Å². The molecule has 3 fully saturated rings. The van der Waals surface area contributed by atoms with Gasteiger partial charge in [-0.1, -0.05) is 39.3 Å². The molecule has 1 aliphatic carbocycles. The van der Waals surface area contributed by atoms with Crippen LogP contribution in [0.25, 0.3) is 0 Å². The van der Waals surface area contributed by atoms with Crippen molar-refractivity contribution in [1.82, 2.24) is 20.9 Å². The summed E-state index contributed by atoms with van der Waals surface area (Å²) in [6.45, 7) is 7.57. The summed E-state index contributed by atoms with van der Waals surface area (Å²) in [5.41, 5.74) is -1.73. The number of Topliss-reactive ketones (excluding diaryl/α,β-unsaturated/α-hetero) is 1. The Hall–Kier alpha value is -4.14. The lowest BCUT2D eigenvalue weighted by atomic mass is 9.85. The van der Waals surface area contributed by atoms with Gasteiger partial charge in [-0.3, -0.25) is 19.2 Å². The molecule has 0 radical (unpaired) electrons. The van der Waals surface area contributed by atoms with Gasteiger partial charge in [-0.05, 0) is 36.8 Å². The molecule has 0 bridgehead atoms. The van der Waals surface area contributed by atoms with Crippen LogP contribution in [0.15, 0.2) is 23.4 Å². The Balaban J connectivity index is 1.39. The molecule has 1 aromatic rings. The molecule has 1 saturated carbocycles. The third-order valence-electron chi connectivity index (χ3n) is 8.90. The monoisotopic (exact) mass is 675 g/mol. The zero-order valence-corrected chi connectivity index (χ0v) is 27.6. The highest BCUT2D eigenvalue weighted by Crippen LogP contribution is 2.40. The van der Waals surface area contributed by atoms with Gasteiger partial charge in [-0.2, -0.15) is 0 Å². The number of alkyl carbamates (subject to hydrolysis) is 1. The number of oxime groups is 1. The van der Waals surface area contributed by atoms with E-state index in [2.05, 4.69) is 21.1 Å². The number of nitrogens with one attached hydrogen (secondary N) is 3. The molecule has 1 aromatic carbocycles. The molecule has 4 aliphatic rings. The maximum absolute atomic E-state index is 14.4. The normalized spacial score (nSPS) is 24.8. The van der Waals surface area contributed by atoms with Gasteiger partial charge >= 0.3 is 6.09 Å². The van der Waals surface area contributed by atoms with Crippen molar-refractivity contribution < 1.29 is 47.1 Å². The van der Waals surface area contributed by atoms with Crippen LogP contribution in [-0.4, -0.2) is 95.8 Å².